The SMILES string of the molecule is CC1(OO)CCC(C(C)(C)OO)CC1. The summed E-state index contributed by atoms with van der Waals surface area (Å²) in [4.78, 5) is 8.95. The van der Waals surface area contributed by atoms with Crippen molar-refractivity contribution in [3.63, 3.8) is 0 Å². The Hall–Kier alpha value is -0.160. The minimum absolute atomic E-state index is 0.315. The van der Waals surface area contributed by atoms with E-state index in [1.54, 1.807) is 0 Å². The van der Waals surface area contributed by atoms with Gasteiger partial charge in [-0.25, -0.2) is 9.78 Å². The molecule has 0 radical (unpaired) electrons. The largest absolute Gasteiger partial charge is 0.251 e. The Morgan fingerprint density at radius 1 is 1.21 bits per heavy atom. The number of rotatable bonds is 3. The molecule has 0 aromatic heterocycles. The van der Waals surface area contributed by atoms with E-state index in [0.29, 0.717) is 5.92 Å². The molecule has 1 fully saturated rings. The molecule has 1 saturated carbocycles. The van der Waals surface area contributed by atoms with Crippen molar-refractivity contribution in [2.75, 3.05) is 0 Å². The third kappa shape index (κ3) is 2.45. The number of hydrogen-bond acceptors (Lipinski definition) is 4. The molecule has 0 spiro atoms. The minimum atomic E-state index is -0.503. The Bertz CT molecular complexity index is 183. The van der Waals surface area contributed by atoms with Crippen LogP contribution in [0, 0.1) is 5.92 Å². The molecule has 0 amide bonds. The molecule has 0 aliphatic heterocycles. The molecule has 0 heterocycles. The lowest BCUT2D eigenvalue weighted by atomic mass is 9.73. The standard InChI is InChI=1S/C10H20O4/c1-9(2,13-11)8-4-6-10(3,14-12)7-5-8/h8,11-12H,4-7H2,1-3H3. The lowest BCUT2D eigenvalue weighted by molar-refractivity contribution is -0.345. The monoisotopic (exact) mass is 204 g/mol. The van der Waals surface area contributed by atoms with Crippen LogP contribution in [-0.2, 0) is 9.78 Å². The molecule has 2 N–H and O–H groups in total. The maximum absolute atomic E-state index is 8.75. The predicted octanol–water partition coefficient (Wildman–Crippen LogP) is 2.69. The van der Waals surface area contributed by atoms with Crippen molar-refractivity contribution in [2.45, 2.75) is 57.7 Å². The van der Waals surface area contributed by atoms with Crippen molar-refractivity contribution in [3.05, 3.63) is 0 Å². The first-order valence-corrected chi connectivity index (χ1v) is 5.09. The van der Waals surface area contributed by atoms with Gasteiger partial charge in [0.25, 0.3) is 0 Å². The van der Waals surface area contributed by atoms with Gasteiger partial charge in [0.2, 0.25) is 0 Å². The molecule has 0 saturated heterocycles. The van der Waals surface area contributed by atoms with Gasteiger partial charge in [-0.15, -0.1) is 0 Å². The van der Waals surface area contributed by atoms with Crippen LogP contribution in [0.25, 0.3) is 0 Å². The summed E-state index contributed by atoms with van der Waals surface area (Å²) in [7, 11) is 0. The molecule has 14 heavy (non-hydrogen) atoms. The first-order valence-electron chi connectivity index (χ1n) is 5.09. The lowest BCUT2D eigenvalue weighted by Gasteiger charge is -2.40. The van der Waals surface area contributed by atoms with Crippen molar-refractivity contribution < 1.29 is 20.3 Å². The predicted molar refractivity (Wildman–Crippen MR) is 51.9 cm³/mol. The fourth-order valence-electron chi connectivity index (χ4n) is 2.09. The third-order valence-corrected chi connectivity index (χ3v) is 3.48. The molecule has 4 nitrogen and oxygen atoms in total. The van der Waals surface area contributed by atoms with Crippen LogP contribution in [0.1, 0.15) is 46.5 Å². The summed E-state index contributed by atoms with van der Waals surface area (Å²) < 4.78 is 0. The zero-order chi connectivity index (χ0) is 10.8. The van der Waals surface area contributed by atoms with E-state index in [-0.39, 0.29) is 0 Å². The maximum Gasteiger partial charge on any atom is 0.101 e. The summed E-state index contributed by atoms with van der Waals surface area (Å²) in [6, 6.07) is 0. The van der Waals surface area contributed by atoms with Crippen molar-refractivity contribution in [1.82, 2.24) is 0 Å². The highest BCUT2D eigenvalue weighted by Gasteiger charge is 2.39. The van der Waals surface area contributed by atoms with Gasteiger partial charge in [-0.05, 0) is 52.4 Å². The highest BCUT2D eigenvalue weighted by molar-refractivity contribution is 4.88. The Kier molecular flexibility index (Phi) is 3.53. The minimum Gasteiger partial charge on any atom is -0.251 e. The van der Waals surface area contributed by atoms with E-state index in [1.165, 1.54) is 0 Å². The second kappa shape index (κ2) is 4.14. The van der Waals surface area contributed by atoms with Crippen molar-refractivity contribution in [2.24, 2.45) is 5.92 Å². The van der Waals surface area contributed by atoms with Crippen LogP contribution in [0.2, 0.25) is 0 Å². The van der Waals surface area contributed by atoms with Crippen LogP contribution in [0.4, 0.5) is 0 Å². The molecular weight excluding hydrogens is 184 g/mol. The van der Waals surface area contributed by atoms with Crippen LogP contribution < -0.4 is 0 Å². The Balaban J connectivity index is 2.51. The second-order valence-corrected chi connectivity index (χ2v) is 5.01. The molecule has 84 valence electrons. The normalized spacial score (nSPS) is 34.5. The average molecular weight is 204 g/mol. The summed E-state index contributed by atoms with van der Waals surface area (Å²) in [5, 5.41) is 17.5. The molecule has 0 aromatic carbocycles. The summed E-state index contributed by atoms with van der Waals surface area (Å²) in [5.74, 6) is 0.315. The van der Waals surface area contributed by atoms with Crippen LogP contribution in [0.5, 0.6) is 0 Å². The third-order valence-electron chi connectivity index (χ3n) is 3.48. The second-order valence-electron chi connectivity index (χ2n) is 5.01. The van der Waals surface area contributed by atoms with Crippen molar-refractivity contribution in [1.29, 1.82) is 0 Å². The molecular formula is C10H20O4. The van der Waals surface area contributed by atoms with Crippen molar-refractivity contribution in [3.8, 4) is 0 Å². The van der Waals surface area contributed by atoms with Crippen LogP contribution in [0.3, 0.4) is 0 Å². The molecule has 1 aliphatic rings. The molecule has 4 heteroatoms. The topological polar surface area (TPSA) is 58.9 Å². The van der Waals surface area contributed by atoms with E-state index in [2.05, 4.69) is 9.78 Å². The Morgan fingerprint density at radius 2 is 1.71 bits per heavy atom. The molecule has 0 bridgehead atoms. The molecule has 0 atom stereocenters. The van der Waals surface area contributed by atoms with Gasteiger partial charge < -0.3 is 0 Å². The van der Waals surface area contributed by atoms with Crippen molar-refractivity contribution >= 4 is 0 Å². The Labute approximate surface area is 84.7 Å². The Morgan fingerprint density at radius 3 is 2.07 bits per heavy atom. The van der Waals surface area contributed by atoms with Crippen LogP contribution in [-0.4, -0.2) is 21.7 Å². The molecule has 0 unspecified atom stereocenters. The highest BCUT2D eigenvalue weighted by atomic mass is 17.1. The fraction of sp³-hybridized carbons (Fsp3) is 1.00. The zero-order valence-corrected chi connectivity index (χ0v) is 9.12. The zero-order valence-electron chi connectivity index (χ0n) is 9.12. The van der Waals surface area contributed by atoms with Gasteiger partial charge >= 0.3 is 0 Å². The van der Waals surface area contributed by atoms with E-state index < -0.39 is 11.2 Å². The van der Waals surface area contributed by atoms with E-state index >= 15 is 0 Å². The van der Waals surface area contributed by atoms with Gasteiger partial charge in [0.05, 0.1) is 0 Å². The van der Waals surface area contributed by atoms with Gasteiger partial charge in [-0.2, -0.15) is 0 Å². The van der Waals surface area contributed by atoms with Crippen LogP contribution >= 0.6 is 0 Å². The van der Waals surface area contributed by atoms with Gasteiger partial charge in [0, 0.05) is 0 Å². The van der Waals surface area contributed by atoms with Gasteiger partial charge in [0.1, 0.15) is 11.2 Å². The van der Waals surface area contributed by atoms with E-state index in [9.17, 15) is 0 Å². The fourth-order valence-corrected chi connectivity index (χ4v) is 2.09. The molecule has 1 aliphatic carbocycles. The number of hydrogen-bond donors (Lipinski definition) is 2. The quantitative estimate of drug-likeness (QED) is 0.548. The maximum atomic E-state index is 8.75. The highest BCUT2D eigenvalue weighted by Crippen LogP contribution is 2.39. The lowest BCUT2D eigenvalue weighted by Crippen LogP contribution is -2.41. The van der Waals surface area contributed by atoms with Gasteiger partial charge in [-0.1, -0.05) is 0 Å². The molecule has 0 aromatic rings. The van der Waals surface area contributed by atoms with E-state index in [1.807, 2.05) is 20.8 Å². The van der Waals surface area contributed by atoms with E-state index in [0.717, 1.165) is 25.7 Å². The molecule has 1 rings (SSSR count). The summed E-state index contributed by atoms with van der Waals surface area (Å²) >= 11 is 0. The van der Waals surface area contributed by atoms with E-state index in [4.69, 9.17) is 10.5 Å². The average Bonchev–Trinajstić information content (AvgIpc) is 2.19. The van der Waals surface area contributed by atoms with Gasteiger partial charge in [-0.3, -0.25) is 10.5 Å². The van der Waals surface area contributed by atoms with Gasteiger partial charge in [0.15, 0.2) is 0 Å². The summed E-state index contributed by atoms with van der Waals surface area (Å²) in [5.41, 5.74) is -0.918. The summed E-state index contributed by atoms with van der Waals surface area (Å²) in [6.45, 7) is 5.65. The van der Waals surface area contributed by atoms with Crippen LogP contribution in [0.15, 0.2) is 0 Å². The smallest absolute Gasteiger partial charge is 0.101 e. The summed E-state index contributed by atoms with van der Waals surface area (Å²) in [6.07, 6.45) is 3.37. The first kappa shape index (κ1) is 11.9. The first-order chi connectivity index (χ1) is 6.43.